The summed E-state index contributed by atoms with van der Waals surface area (Å²) in [7, 11) is 1.70. The van der Waals surface area contributed by atoms with E-state index in [-0.39, 0.29) is 0 Å². The van der Waals surface area contributed by atoms with Crippen LogP contribution in [0.3, 0.4) is 0 Å². The van der Waals surface area contributed by atoms with Gasteiger partial charge in [0.15, 0.2) is 0 Å². The van der Waals surface area contributed by atoms with E-state index in [9.17, 15) is 0 Å². The van der Waals surface area contributed by atoms with E-state index in [1.165, 1.54) is 16.7 Å². The third kappa shape index (κ3) is 1.29. The van der Waals surface area contributed by atoms with Gasteiger partial charge in [0.05, 0.1) is 11.6 Å². The summed E-state index contributed by atoms with van der Waals surface area (Å²) in [5, 5.41) is 0. The van der Waals surface area contributed by atoms with Crippen molar-refractivity contribution >= 4 is 21.5 Å². The Balaban J connectivity index is 2.58. The topological polar surface area (TPSA) is 9.23 Å². The molecule has 1 aromatic rings. The van der Waals surface area contributed by atoms with Crippen LogP contribution in [0.2, 0.25) is 0 Å². The maximum absolute atomic E-state index is 5.24. The van der Waals surface area contributed by atoms with Crippen molar-refractivity contribution in [2.75, 3.05) is 7.11 Å². The van der Waals surface area contributed by atoms with Crippen molar-refractivity contribution < 1.29 is 4.74 Å². The third-order valence-electron chi connectivity index (χ3n) is 2.46. The minimum absolute atomic E-state index is 0.918. The van der Waals surface area contributed by atoms with Gasteiger partial charge in [0.25, 0.3) is 0 Å². The summed E-state index contributed by atoms with van der Waals surface area (Å²) in [6, 6.07) is 4.13. The molecule has 0 unspecified atom stereocenters. The molecule has 2 heteroatoms. The van der Waals surface area contributed by atoms with Crippen LogP contribution >= 0.6 is 15.9 Å². The van der Waals surface area contributed by atoms with Gasteiger partial charge in [-0.25, -0.2) is 0 Å². The fourth-order valence-corrected chi connectivity index (χ4v) is 2.36. The first-order valence-corrected chi connectivity index (χ1v) is 5.06. The van der Waals surface area contributed by atoms with Crippen molar-refractivity contribution in [2.45, 2.75) is 13.3 Å². The normalized spacial score (nSPS) is 13.9. The van der Waals surface area contributed by atoms with Gasteiger partial charge in [-0.1, -0.05) is 12.1 Å². The predicted octanol–water partition coefficient (Wildman–Crippen LogP) is 3.42. The molecular formula is C11H11BrO. The second kappa shape index (κ2) is 3.18. The summed E-state index contributed by atoms with van der Waals surface area (Å²) in [5.41, 5.74) is 4.04. The number of ether oxygens (including phenoxy) is 1. The summed E-state index contributed by atoms with van der Waals surface area (Å²) in [6.07, 6.45) is 3.26. The number of hydrogen-bond donors (Lipinski definition) is 0. The highest BCUT2D eigenvalue weighted by molar-refractivity contribution is 9.10. The molecule has 0 bridgehead atoms. The smallest absolute Gasteiger partial charge is 0.133 e. The molecule has 13 heavy (non-hydrogen) atoms. The Morgan fingerprint density at radius 3 is 2.85 bits per heavy atom. The van der Waals surface area contributed by atoms with E-state index in [1.807, 2.05) is 6.07 Å². The van der Waals surface area contributed by atoms with E-state index in [4.69, 9.17) is 4.74 Å². The Morgan fingerprint density at radius 1 is 1.38 bits per heavy atom. The molecule has 0 N–H and O–H groups in total. The summed E-state index contributed by atoms with van der Waals surface area (Å²) in [4.78, 5) is 0. The second-order valence-corrected chi connectivity index (χ2v) is 3.99. The molecule has 0 atom stereocenters. The van der Waals surface area contributed by atoms with Crippen molar-refractivity contribution in [3.8, 4) is 5.75 Å². The first-order chi connectivity index (χ1) is 6.24. The Morgan fingerprint density at radius 2 is 2.15 bits per heavy atom. The van der Waals surface area contributed by atoms with Crippen molar-refractivity contribution in [3.63, 3.8) is 0 Å². The molecule has 0 aliphatic heterocycles. The number of hydrogen-bond acceptors (Lipinski definition) is 1. The van der Waals surface area contributed by atoms with Crippen LogP contribution in [-0.4, -0.2) is 7.11 Å². The zero-order valence-corrected chi connectivity index (χ0v) is 9.31. The van der Waals surface area contributed by atoms with Gasteiger partial charge in [0.1, 0.15) is 5.75 Å². The molecule has 0 radical (unpaired) electrons. The molecule has 0 heterocycles. The molecule has 1 nitrogen and oxygen atoms in total. The molecular weight excluding hydrogens is 228 g/mol. The molecule has 0 saturated heterocycles. The van der Waals surface area contributed by atoms with Gasteiger partial charge in [-0.2, -0.15) is 0 Å². The molecule has 1 aromatic carbocycles. The first kappa shape index (κ1) is 8.82. The highest BCUT2D eigenvalue weighted by Crippen LogP contribution is 2.37. The molecule has 0 spiro atoms. The average Bonchev–Trinajstić information content (AvgIpc) is 2.50. The minimum Gasteiger partial charge on any atom is -0.496 e. The van der Waals surface area contributed by atoms with E-state index in [0.717, 1.165) is 16.6 Å². The van der Waals surface area contributed by atoms with E-state index in [0.29, 0.717) is 0 Å². The molecule has 0 aromatic heterocycles. The van der Waals surface area contributed by atoms with Crippen molar-refractivity contribution in [2.24, 2.45) is 0 Å². The van der Waals surface area contributed by atoms with Crippen LogP contribution in [0.1, 0.15) is 18.1 Å². The Hall–Kier alpha value is -0.760. The van der Waals surface area contributed by atoms with E-state index in [2.05, 4.69) is 35.0 Å². The van der Waals surface area contributed by atoms with Gasteiger partial charge in [-0.3, -0.25) is 0 Å². The van der Waals surface area contributed by atoms with Gasteiger partial charge in [0, 0.05) is 0 Å². The average molecular weight is 239 g/mol. The summed E-state index contributed by atoms with van der Waals surface area (Å²) in [5.74, 6) is 0.918. The molecule has 1 aliphatic rings. The number of methoxy groups -OCH3 is 1. The van der Waals surface area contributed by atoms with Crippen molar-refractivity contribution in [1.29, 1.82) is 0 Å². The highest BCUT2D eigenvalue weighted by Gasteiger charge is 2.16. The lowest BCUT2D eigenvalue weighted by atomic mass is 10.1. The number of fused-ring (bicyclic) bond motifs is 1. The quantitative estimate of drug-likeness (QED) is 0.729. The van der Waals surface area contributed by atoms with Crippen LogP contribution in [0.5, 0.6) is 5.75 Å². The standard InChI is InChI=1S/C11H11BrO/c1-7-3-4-9-8(7)5-6-10(13-2)11(9)12/h3,5-6H,4H2,1-2H3. The minimum atomic E-state index is 0.918. The molecule has 2 rings (SSSR count). The number of benzene rings is 1. The van der Waals surface area contributed by atoms with Gasteiger partial charge < -0.3 is 4.74 Å². The van der Waals surface area contributed by atoms with Crippen LogP contribution < -0.4 is 4.74 Å². The Labute approximate surface area is 86.5 Å². The largest absolute Gasteiger partial charge is 0.496 e. The molecule has 0 saturated carbocycles. The van der Waals surface area contributed by atoms with Crippen molar-refractivity contribution in [3.05, 3.63) is 33.8 Å². The maximum Gasteiger partial charge on any atom is 0.133 e. The van der Waals surface area contributed by atoms with Gasteiger partial charge >= 0.3 is 0 Å². The van der Waals surface area contributed by atoms with Crippen molar-refractivity contribution in [1.82, 2.24) is 0 Å². The summed E-state index contributed by atoms with van der Waals surface area (Å²) < 4.78 is 6.33. The van der Waals surface area contributed by atoms with E-state index >= 15 is 0 Å². The van der Waals surface area contributed by atoms with E-state index < -0.39 is 0 Å². The van der Waals surface area contributed by atoms with Crippen LogP contribution in [0.15, 0.2) is 22.7 Å². The number of allylic oxidation sites excluding steroid dienone is 2. The van der Waals surface area contributed by atoms with Crippen LogP contribution in [0, 0.1) is 0 Å². The van der Waals surface area contributed by atoms with Gasteiger partial charge in [-0.15, -0.1) is 0 Å². The fourth-order valence-electron chi connectivity index (χ4n) is 1.69. The van der Waals surface area contributed by atoms with Crippen LogP contribution in [0.4, 0.5) is 0 Å². The zero-order valence-electron chi connectivity index (χ0n) is 7.73. The summed E-state index contributed by atoms with van der Waals surface area (Å²) in [6.45, 7) is 2.14. The Kier molecular flexibility index (Phi) is 2.16. The first-order valence-electron chi connectivity index (χ1n) is 4.26. The molecule has 68 valence electrons. The maximum atomic E-state index is 5.24. The monoisotopic (exact) mass is 238 g/mol. The highest BCUT2D eigenvalue weighted by atomic mass is 79.9. The second-order valence-electron chi connectivity index (χ2n) is 3.20. The lowest BCUT2D eigenvalue weighted by Gasteiger charge is -2.08. The predicted molar refractivity (Wildman–Crippen MR) is 58.0 cm³/mol. The lowest BCUT2D eigenvalue weighted by Crippen LogP contribution is -1.90. The molecule has 0 fully saturated rings. The zero-order chi connectivity index (χ0) is 9.42. The number of rotatable bonds is 1. The molecule has 0 amide bonds. The third-order valence-corrected chi connectivity index (χ3v) is 3.33. The van der Waals surface area contributed by atoms with Gasteiger partial charge in [-0.05, 0) is 52.0 Å². The Bertz CT molecular complexity index is 380. The SMILES string of the molecule is COc1ccc2c(c1Br)CC=C2C. The molecule has 1 aliphatic carbocycles. The van der Waals surface area contributed by atoms with Crippen LogP contribution in [-0.2, 0) is 6.42 Å². The van der Waals surface area contributed by atoms with E-state index in [1.54, 1.807) is 7.11 Å². The van der Waals surface area contributed by atoms with Crippen LogP contribution in [0.25, 0.3) is 5.57 Å². The number of halogens is 1. The lowest BCUT2D eigenvalue weighted by molar-refractivity contribution is 0.411. The summed E-state index contributed by atoms with van der Waals surface area (Å²) >= 11 is 3.56. The van der Waals surface area contributed by atoms with Gasteiger partial charge in [0.2, 0.25) is 0 Å². The fraction of sp³-hybridized carbons (Fsp3) is 0.273.